The van der Waals surface area contributed by atoms with Gasteiger partial charge in [-0.3, -0.25) is 5.84 Å². The zero-order valence-corrected chi connectivity index (χ0v) is 11.8. The average Bonchev–Trinajstić information content (AvgIpc) is 2.96. The summed E-state index contributed by atoms with van der Waals surface area (Å²) in [5.41, 5.74) is 3.68. The Morgan fingerprint density at radius 3 is 2.78 bits per heavy atom. The van der Waals surface area contributed by atoms with Gasteiger partial charge < -0.3 is 4.42 Å². The normalized spacial score (nSPS) is 13.0. The summed E-state index contributed by atoms with van der Waals surface area (Å²) >= 11 is 5.09. The van der Waals surface area contributed by atoms with E-state index in [0.717, 1.165) is 26.1 Å². The fourth-order valence-corrected chi connectivity index (χ4v) is 3.44. The first-order valence-electron chi connectivity index (χ1n) is 5.46. The van der Waals surface area contributed by atoms with Crippen LogP contribution in [0.15, 0.2) is 50.7 Å². The molecule has 0 aliphatic carbocycles. The number of benzene rings is 1. The Labute approximate surface area is 117 Å². The third-order valence-electron chi connectivity index (χ3n) is 2.77. The summed E-state index contributed by atoms with van der Waals surface area (Å²) in [7, 11) is 0. The highest BCUT2D eigenvalue weighted by atomic mass is 79.9. The van der Waals surface area contributed by atoms with Crippen molar-refractivity contribution in [3.8, 4) is 0 Å². The molecule has 92 valence electrons. The SMILES string of the molecule is NNC(c1cc2ccccc2o1)c1cc(Br)cs1. The lowest BCUT2D eigenvalue weighted by Gasteiger charge is -2.10. The van der Waals surface area contributed by atoms with Crippen LogP contribution in [0.1, 0.15) is 16.7 Å². The molecule has 0 bridgehead atoms. The third kappa shape index (κ3) is 2.10. The molecule has 0 aliphatic heterocycles. The largest absolute Gasteiger partial charge is 0.459 e. The van der Waals surface area contributed by atoms with Gasteiger partial charge >= 0.3 is 0 Å². The van der Waals surface area contributed by atoms with E-state index < -0.39 is 0 Å². The number of nitrogens with two attached hydrogens (primary N) is 1. The van der Waals surface area contributed by atoms with E-state index >= 15 is 0 Å². The number of rotatable bonds is 3. The Bertz CT molecular complexity index is 643. The van der Waals surface area contributed by atoms with Gasteiger partial charge in [-0.05, 0) is 34.1 Å². The van der Waals surface area contributed by atoms with Gasteiger partial charge in [0.15, 0.2) is 0 Å². The van der Waals surface area contributed by atoms with Gasteiger partial charge in [-0.1, -0.05) is 18.2 Å². The maximum Gasteiger partial charge on any atom is 0.134 e. The summed E-state index contributed by atoms with van der Waals surface area (Å²) in [6.45, 7) is 0. The highest BCUT2D eigenvalue weighted by Gasteiger charge is 2.18. The molecule has 0 radical (unpaired) electrons. The topological polar surface area (TPSA) is 51.2 Å². The zero-order chi connectivity index (χ0) is 12.5. The zero-order valence-electron chi connectivity index (χ0n) is 9.39. The highest BCUT2D eigenvalue weighted by Crippen LogP contribution is 2.32. The van der Waals surface area contributed by atoms with E-state index in [0.29, 0.717) is 0 Å². The van der Waals surface area contributed by atoms with Crippen LogP contribution in [-0.4, -0.2) is 0 Å². The minimum Gasteiger partial charge on any atom is -0.459 e. The number of nitrogens with one attached hydrogen (secondary N) is 1. The van der Waals surface area contributed by atoms with Crippen molar-refractivity contribution in [3.63, 3.8) is 0 Å². The van der Waals surface area contributed by atoms with Crippen LogP contribution >= 0.6 is 27.3 Å². The summed E-state index contributed by atoms with van der Waals surface area (Å²) in [5.74, 6) is 6.48. The second kappa shape index (κ2) is 4.85. The molecule has 3 aromatic rings. The lowest BCUT2D eigenvalue weighted by atomic mass is 10.2. The van der Waals surface area contributed by atoms with Crippen LogP contribution in [0.3, 0.4) is 0 Å². The summed E-state index contributed by atoms with van der Waals surface area (Å²) in [6, 6.07) is 11.9. The molecule has 0 saturated carbocycles. The van der Waals surface area contributed by atoms with E-state index in [4.69, 9.17) is 10.3 Å². The van der Waals surface area contributed by atoms with Crippen molar-refractivity contribution in [2.24, 2.45) is 5.84 Å². The Kier molecular flexibility index (Phi) is 3.22. The average molecular weight is 323 g/mol. The quantitative estimate of drug-likeness (QED) is 0.569. The monoisotopic (exact) mass is 322 g/mol. The number of hydrazine groups is 1. The van der Waals surface area contributed by atoms with E-state index in [1.165, 1.54) is 0 Å². The van der Waals surface area contributed by atoms with Gasteiger partial charge in [0.05, 0.1) is 0 Å². The fraction of sp³-hybridized carbons (Fsp3) is 0.0769. The second-order valence-corrected chi connectivity index (χ2v) is 5.81. The van der Waals surface area contributed by atoms with Crippen LogP contribution < -0.4 is 11.3 Å². The van der Waals surface area contributed by atoms with E-state index in [1.807, 2.05) is 41.8 Å². The number of halogens is 1. The van der Waals surface area contributed by atoms with Gasteiger partial charge in [0.2, 0.25) is 0 Å². The number of furan rings is 1. The van der Waals surface area contributed by atoms with Crippen molar-refractivity contribution in [2.75, 3.05) is 0 Å². The number of hydrogen-bond donors (Lipinski definition) is 2. The first kappa shape index (κ1) is 11.9. The van der Waals surface area contributed by atoms with Gasteiger partial charge in [0, 0.05) is 20.1 Å². The van der Waals surface area contributed by atoms with Crippen molar-refractivity contribution in [2.45, 2.75) is 6.04 Å². The van der Waals surface area contributed by atoms with E-state index in [1.54, 1.807) is 11.3 Å². The predicted octanol–water partition coefficient (Wildman–Crippen LogP) is 3.81. The van der Waals surface area contributed by atoms with Gasteiger partial charge in [0.1, 0.15) is 17.4 Å². The maximum absolute atomic E-state index is 5.83. The summed E-state index contributed by atoms with van der Waals surface area (Å²) in [6.07, 6.45) is 0. The van der Waals surface area contributed by atoms with Crippen LogP contribution in [0.4, 0.5) is 0 Å². The molecule has 1 aromatic carbocycles. The van der Waals surface area contributed by atoms with Crippen LogP contribution in [0, 0.1) is 0 Å². The maximum atomic E-state index is 5.83. The van der Waals surface area contributed by atoms with E-state index in [2.05, 4.69) is 21.4 Å². The fourth-order valence-electron chi connectivity index (χ4n) is 1.93. The summed E-state index contributed by atoms with van der Waals surface area (Å²) in [4.78, 5) is 1.11. The van der Waals surface area contributed by atoms with Crippen molar-refractivity contribution in [1.82, 2.24) is 5.43 Å². The van der Waals surface area contributed by atoms with Crippen molar-refractivity contribution < 1.29 is 4.42 Å². The molecule has 0 spiro atoms. The first-order chi connectivity index (χ1) is 8.78. The molecule has 5 heteroatoms. The Morgan fingerprint density at radius 2 is 2.11 bits per heavy atom. The van der Waals surface area contributed by atoms with E-state index in [-0.39, 0.29) is 6.04 Å². The van der Waals surface area contributed by atoms with Crippen LogP contribution in [-0.2, 0) is 0 Å². The van der Waals surface area contributed by atoms with Gasteiger partial charge in [-0.2, -0.15) is 0 Å². The third-order valence-corrected chi connectivity index (χ3v) is 4.53. The molecule has 3 rings (SSSR count). The molecule has 0 amide bonds. The minimum atomic E-state index is -0.117. The molecular weight excluding hydrogens is 312 g/mol. The van der Waals surface area contributed by atoms with E-state index in [9.17, 15) is 0 Å². The molecule has 0 fully saturated rings. The summed E-state index contributed by atoms with van der Waals surface area (Å²) < 4.78 is 6.89. The van der Waals surface area contributed by atoms with Crippen LogP contribution in [0.5, 0.6) is 0 Å². The standard InChI is InChI=1S/C13H11BrN2OS/c14-9-6-12(18-7-9)13(16-15)11-5-8-3-1-2-4-10(8)17-11/h1-7,13,16H,15H2. The molecule has 1 unspecified atom stereocenters. The Balaban J connectivity index is 2.05. The highest BCUT2D eigenvalue weighted by molar-refractivity contribution is 9.10. The van der Waals surface area contributed by atoms with Gasteiger partial charge in [-0.15, -0.1) is 11.3 Å². The minimum absolute atomic E-state index is 0.117. The smallest absolute Gasteiger partial charge is 0.134 e. The molecule has 3 nitrogen and oxygen atoms in total. The lowest BCUT2D eigenvalue weighted by molar-refractivity contribution is 0.481. The molecule has 18 heavy (non-hydrogen) atoms. The molecule has 2 heterocycles. The Morgan fingerprint density at radius 1 is 1.28 bits per heavy atom. The summed E-state index contributed by atoms with van der Waals surface area (Å²) in [5, 5.41) is 3.12. The molecule has 3 N–H and O–H groups in total. The molecule has 2 aromatic heterocycles. The first-order valence-corrected chi connectivity index (χ1v) is 7.14. The molecule has 1 atom stereocenters. The van der Waals surface area contributed by atoms with Crippen LogP contribution in [0.2, 0.25) is 0 Å². The molecular formula is C13H11BrN2OS. The van der Waals surface area contributed by atoms with Crippen LogP contribution in [0.25, 0.3) is 11.0 Å². The number of fused-ring (bicyclic) bond motifs is 1. The number of para-hydroxylation sites is 1. The molecule has 0 saturated heterocycles. The van der Waals surface area contributed by atoms with Crippen molar-refractivity contribution in [3.05, 3.63) is 56.9 Å². The predicted molar refractivity (Wildman–Crippen MR) is 77.4 cm³/mol. The van der Waals surface area contributed by atoms with Crippen molar-refractivity contribution in [1.29, 1.82) is 0 Å². The molecule has 0 aliphatic rings. The second-order valence-electron chi connectivity index (χ2n) is 3.95. The van der Waals surface area contributed by atoms with Gasteiger partial charge in [-0.25, -0.2) is 5.43 Å². The lowest BCUT2D eigenvalue weighted by Crippen LogP contribution is -2.27. The number of hydrogen-bond acceptors (Lipinski definition) is 4. The number of thiophene rings is 1. The van der Waals surface area contributed by atoms with Crippen molar-refractivity contribution >= 4 is 38.2 Å². The van der Waals surface area contributed by atoms with Gasteiger partial charge in [0.25, 0.3) is 0 Å². The Hall–Kier alpha value is -1.14.